The normalized spacial score (nSPS) is 11.7. The first-order valence-electron chi connectivity index (χ1n) is 3.06. The molecule has 0 aliphatic heterocycles. The summed E-state index contributed by atoms with van der Waals surface area (Å²) in [5.74, 6) is -2.87. The Morgan fingerprint density at radius 1 is 0.929 bits per heavy atom. The monoisotopic (exact) mass is 224 g/mol. The van der Waals surface area contributed by atoms with Crippen molar-refractivity contribution in [1.82, 2.24) is 0 Å². The summed E-state index contributed by atoms with van der Waals surface area (Å²) < 4.78 is 0. The van der Waals surface area contributed by atoms with Crippen LogP contribution < -0.4 is 69.3 Å². The van der Waals surface area contributed by atoms with Gasteiger partial charge in [0, 0.05) is 0 Å². The van der Waals surface area contributed by atoms with Gasteiger partial charge < -0.3 is 30.0 Å². The van der Waals surface area contributed by atoms with Crippen LogP contribution in [0.3, 0.4) is 0 Å². The maximum atomic E-state index is 9.34. The Morgan fingerprint density at radius 2 is 1.00 bits per heavy atom. The Kier molecular flexibility index (Phi) is 24.0. The number of carboxylic acid groups (broad SMARTS) is 2. The molecule has 2 atom stereocenters. The van der Waals surface area contributed by atoms with Gasteiger partial charge in [0.25, 0.3) is 0 Å². The Labute approximate surface area is 126 Å². The van der Waals surface area contributed by atoms with Gasteiger partial charge in [-0.25, -0.2) is 0 Å². The van der Waals surface area contributed by atoms with Crippen molar-refractivity contribution in [2.75, 3.05) is 0 Å². The van der Waals surface area contributed by atoms with Crippen LogP contribution in [0.2, 0.25) is 0 Å². The third-order valence-electron chi connectivity index (χ3n) is 0.682. The van der Waals surface area contributed by atoms with Gasteiger partial charge in [-0.3, -0.25) is 0 Å². The standard InChI is InChI=1S/2C3H6O3.2Na/c2*1-2(4)3(5)6;;/h2*2,4H,1H3,(H,5,6);;/q;;2*+1/p-2/t2*2-;;/m00../s1. The van der Waals surface area contributed by atoms with E-state index >= 15 is 0 Å². The molecular formula is C6H10Na2O6. The number of aliphatic hydroxyl groups excluding tert-OH is 2. The van der Waals surface area contributed by atoms with Crippen molar-refractivity contribution < 1.29 is 89.1 Å². The third-order valence-corrected chi connectivity index (χ3v) is 0.682. The predicted octanol–water partition coefficient (Wildman–Crippen LogP) is -9.76. The van der Waals surface area contributed by atoms with Gasteiger partial charge >= 0.3 is 59.1 Å². The van der Waals surface area contributed by atoms with E-state index in [9.17, 15) is 19.8 Å². The number of aliphatic hydroxyl groups is 2. The minimum absolute atomic E-state index is 0. The number of hydrogen-bond donors (Lipinski definition) is 2. The zero-order valence-corrected chi connectivity index (χ0v) is 12.7. The van der Waals surface area contributed by atoms with Crippen molar-refractivity contribution >= 4 is 11.9 Å². The molecule has 0 unspecified atom stereocenters. The van der Waals surface area contributed by atoms with E-state index in [0.29, 0.717) is 0 Å². The zero-order valence-electron chi connectivity index (χ0n) is 8.68. The maximum Gasteiger partial charge on any atom is 1.00 e. The largest absolute Gasteiger partial charge is 1.00 e. The summed E-state index contributed by atoms with van der Waals surface area (Å²) in [5, 5.41) is 34.6. The second-order valence-corrected chi connectivity index (χ2v) is 1.99. The molecule has 0 amide bonds. The molecule has 0 aromatic rings. The second-order valence-electron chi connectivity index (χ2n) is 1.99. The van der Waals surface area contributed by atoms with Crippen LogP contribution in [0, 0.1) is 0 Å². The first-order valence-corrected chi connectivity index (χ1v) is 3.06. The van der Waals surface area contributed by atoms with Gasteiger partial charge in [0.15, 0.2) is 0 Å². The van der Waals surface area contributed by atoms with Crippen LogP contribution >= 0.6 is 0 Å². The van der Waals surface area contributed by atoms with E-state index in [1.165, 1.54) is 0 Å². The molecular weight excluding hydrogens is 214 g/mol. The van der Waals surface area contributed by atoms with E-state index < -0.39 is 24.1 Å². The molecule has 0 radical (unpaired) electrons. The molecule has 14 heavy (non-hydrogen) atoms. The average molecular weight is 224 g/mol. The molecule has 0 aromatic carbocycles. The Balaban J connectivity index is -0.0000000625. The van der Waals surface area contributed by atoms with Crippen LogP contribution in [-0.2, 0) is 9.59 Å². The number of hydrogen-bond acceptors (Lipinski definition) is 6. The molecule has 0 aliphatic carbocycles. The minimum atomic E-state index is -1.44. The molecule has 0 spiro atoms. The molecule has 0 bridgehead atoms. The summed E-state index contributed by atoms with van der Waals surface area (Å²) in [6.45, 7) is 2.27. The minimum Gasteiger partial charge on any atom is -0.547 e. The summed E-state index contributed by atoms with van der Waals surface area (Å²) in [6.07, 6.45) is -2.69. The summed E-state index contributed by atoms with van der Waals surface area (Å²) in [7, 11) is 0. The van der Waals surface area contributed by atoms with E-state index in [4.69, 9.17) is 10.2 Å². The van der Waals surface area contributed by atoms with Gasteiger partial charge in [0.2, 0.25) is 0 Å². The molecule has 0 aliphatic rings. The van der Waals surface area contributed by atoms with Gasteiger partial charge in [-0.1, -0.05) is 0 Å². The maximum absolute atomic E-state index is 9.34. The Hall–Kier alpha value is 0.860. The van der Waals surface area contributed by atoms with E-state index in [1.807, 2.05) is 0 Å². The Morgan fingerprint density at radius 3 is 1.00 bits per heavy atom. The summed E-state index contributed by atoms with van der Waals surface area (Å²) in [6, 6.07) is 0. The van der Waals surface area contributed by atoms with Crippen molar-refractivity contribution in [3.05, 3.63) is 0 Å². The van der Waals surface area contributed by atoms with Gasteiger partial charge in [-0.2, -0.15) is 0 Å². The summed E-state index contributed by atoms with van der Waals surface area (Å²) in [4.78, 5) is 18.7. The van der Waals surface area contributed by atoms with E-state index in [-0.39, 0.29) is 59.1 Å². The predicted molar refractivity (Wildman–Crippen MR) is 33.4 cm³/mol. The van der Waals surface area contributed by atoms with Crippen LogP contribution in [0.5, 0.6) is 0 Å². The van der Waals surface area contributed by atoms with Crippen molar-refractivity contribution in [3.63, 3.8) is 0 Å². The summed E-state index contributed by atoms with van der Waals surface area (Å²) >= 11 is 0. The molecule has 2 N–H and O–H groups in total. The molecule has 6 nitrogen and oxygen atoms in total. The van der Waals surface area contributed by atoms with Crippen LogP contribution in [0.1, 0.15) is 13.8 Å². The van der Waals surface area contributed by atoms with Crippen LogP contribution in [0.25, 0.3) is 0 Å². The topological polar surface area (TPSA) is 121 Å². The van der Waals surface area contributed by atoms with E-state index in [1.54, 1.807) is 0 Å². The molecule has 0 saturated carbocycles. The number of carboxylic acids is 2. The number of carbonyl (C=O) groups is 2. The molecule has 0 heterocycles. The SMILES string of the molecule is C[C@H](O)C(=O)[O-].C[C@H](O)C(=O)[O-].[Na+].[Na+]. The molecule has 0 aromatic heterocycles. The van der Waals surface area contributed by atoms with Crippen molar-refractivity contribution in [1.29, 1.82) is 0 Å². The quantitative estimate of drug-likeness (QED) is 0.449. The Bertz CT molecular complexity index is 140. The van der Waals surface area contributed by atoms with Crippen molar-refractivity contribution in [2.45, 2.75) is 26.1 Å². The van der Waals surface area contributed by atoms with Gasteiger partial charge in [-0.15, -0.1) is 0 Å². The first-order chi connectivity index (χ1) is 5.29. The molecule has 0 rings (SSSR count). The van der Waals surface area contributed by atoms with E-state index in [0.717, 1.165) is 13.8 Å². The van der Waals surface area contributed by atoms with Gasteiger partial charge in [0.05, 0.1) is 24.1 Å². The fourth-order valence-electron chi connectivity index (χ4n) is 0. The second kappa shape index (κ2) is 13.9. The number of carbonyl (C=O) groups excluding carboxylic acids is 2. The summed E-state index contributed by atoms with van der Waals surface area (Å²) in [5.41, 5.74) is 0. The fraction of sp³-hybridized carbons (Fsp3) is 0.667. The smallest absolute Gasteiger partial charge is 0.547 e. The van der Waals surface area contributed by atoms with Crippen LogP contribution in [0.15, 0.2) is 0 Å². The molecule has 0 fully saturated rings. The first kappa shape index (κ1) is 24.2. The molecule has 8 heteroatoms. The van der Waals surface area contributed by atoms with Crippen LogP contribution in [-0.4, -0.2) is 34.4 Å². The van der Waals surface area contributed by atoms with Gasteiger partial charge in [0.1, 0.15) is 0 Å². The number of aliphatic carboxylic acids is 2. The number of rotatable bonds is 2. The zero-order chi connectivity index (χ0) is 10.3. The van der Waals surface area contributed by atoms with Crippen LogP contribution in [0.4, 0.5) is 0 Å². The van der Waals surface area contributed by atoms with E-state index in [2.05, 4.69) is 0 Å². The molecule has 72 valence electrons. The van der Waals surface area contributed by atoms with Crippen molar-refractivity contribution in [3.8, 4) is 0 Å². The third kappa shape index (κ3) is 23.0. The fourth-order valence-corrected chi connectivity index (χ4v) is 0. The average Bonchev–Trinajstić information content (AvgIpc) is 1.88. The van der Waals surface area contributed by atoms with Gasteiger partial charge in [-0.05, 0) is 13.8 Å². The van der Waals surface area contributed by atoms with Crippen molar-refractivity contribution in [2.24, 2.45) is 0 Å². The molecule has 0 saturated heterocycles.